The number of unbranched alkanes of at least 4 members (excludes halogenated alkanes) is 1. The minimum Gasteiger partial charge on any atom is -0.469 e. The monoisotopic (exact) mass is 275 g/mol. The van der Waals surface area contributed by atoms with Crippen LogP contribution in [0.4, 0.5) is 0 Å². The van der Waals surface area contributed by atoms with Crippen LogP contribution in [0, 0.1) is 5.92 Å². The standard InChI is InChI=1S/C17H25NO2/c1-20-17(19)16-10-13-18(14-11-16)12-6-5-9-15-7-3-2-4-8-15/h2-4,7-8,16H,5-6,9-14H2,1H3. The first-order valence-electron chi connectivity index (χ1n) is 7.63. The Kier molecular flexibility index (Phi) is 6.06. The Morgan fingerprint density at radius 2 is 1.90 bits per heavy atom. The molecule has 0 atom stereocenters. The van der Waals surface area contributed by atoms with Crippen molar-refractivity contribution in [1.82, 2.24) is 4.90 Å². The second kappa shape index (κ2) is 8.05. The molecule has 3 heteroatoms. The molecule has 1 aromatic carbocycles. The molecule has 1 fully saturated rings. The highest BCUT2D eigenvalue weighted by Gasteiger charge is 2.24. The summed E-state index contributed by atoms with van der Waals surface area (Å²) in [6, 6.07) is 10.7. The summed E-state index contributed by atoms with van der Waals surface area (Å²) in [4.78, 5) is 13.9. The van der Waals surface area contributed by atoms with E-state index in [0.717, 1.165) is 32.5 Å². The number of aryl methyl sites for hydroxylation is 1. The van der Waals surface area contributed by atoms with Crippen molar-refractivity contribution in [3.8, 4) is 0 Å². The van der Waals surface area contributed by atoms with Gasteiger partial charge in [0, 0.05) is 0 Å². The molecule has 110 valence electrons. The van der Waals surface area contributed by atoms with E-state index in [1.165, 1.54) is 31.9 Å². The summed E-state index contributed by atoms with van der Waals surface area (Å²) < 4.78 is 4.81. The number of benzene rings is 1. The van der Waals surface area contributed by atoms with Crippen molar-refractivity contribution in [3.63, 3.8) is 0 Å². The number of nitrogens with zero attached hydrogens (tertiary/aromatic N) is 1. The number of esters is 1. The summed E-state index contributed by atoms with van der Waals surface area (Å²) in [5.41, 5.74) is 1.43. The highest BCUT2D eigenvalue weighted by Crippen LogP contribution is 2.18. The quantitative estimate of drug-likeness (QED) is 0.590. The number of methoxy groups -OCH3 is 1. The molecule has 0 bridgehead atoms. The Morgan fingerprint density at radius 3 is 2.55 bits per heavy atom. The van der Waals surface area contributed by atoms with E-state index in [-0.39, 0.29) is 11.9 Å². The van der Waals surface area contributed by atoms with E-state index in [0.29, 0.717) is 0 Å². The van der Waals surface area contributed by atoms with Gasteiger partial charge in [-0.3, -0.25) is 4.79 Å². The van der Waals surface area contributed by atoms with Gasteiger partial charge < -0.3 is 9.64 Å². The fraction of sp³-hybridized carbons (Fsp3) is 0.588. The van der Waals surface area contributed by atoms with E-state index >= 15 is 0 Å². The number of piperidine rings is 1. The molecule has 0 aromatic heterocycles. The molecule has 0 saturated carbocycles. The third kappa shape index (κ3) is 4.64. The van der Waals surface area contributed by atoms with Crippen LogP contribution in [0.1, 0.15) is 31.2 Å². The number of carbonyl (C=O) groups is 1. The number of hydrogen-bond acceptors (Lipinski definition) is 3. The fourth-order valence-electron chi connectivity index (χ4n) is 2.87. The summed E-state index contributed by atoms with van der Waals surface area (Å²) in [6.45, 7) is 3.22. The van der Waals surface area contributed by atoms with Crippen molar-refractivity contribution in [1.29, 1.82) is 0 Å². The summed E-state index contributed by atoms with van der Waals surface area (Å²) >= 11 is 0. The van der Waals surface area contributed by atoms with Crippen LogP contribution in [0.25, 0.3) is 0 Å². The largest absolute Gasteiger partial charge is 0.469 e. The van der Waals surface area contributed by atoms with Gasteiger partial charge in [0.05, 0.1) is 13.0 Å². The molecular weight excluding hydrogens is 250 g/mol. The molecule has 0 N–H and O–H groups in total. The van der Waals surface area contributed by atoms with E-state index in [9.17, 15) is 4.79 Å². The number of hydrogen-bond donors (Lipinski definition) is 0. The zero-order valence-electron chi connectivity index (χ0n) is 12.4. The molecule has 1 heterocycles. The molecule has 3 nitrogen and oxygen atoms in total. The third-order valence-electron chi connectivity index (χ3n) is 4.15. The lowest BCUT2D eigenvalue weighted by atomic mass is 9.97. The Hall–Kier alpha value is -1.35. The molecule has 1 aliphatic heterocycles. The number of rotatable bonds is 6. The van der Waals surface area contributed by atoms with Crippen LogP contribution in [0.15, 0.2) is 30.3 Å². The van der Waals surface area contributed by atoms with Crippen LogP contribution in [0.2, 0.25) is 0 Å². The van der Waals surface area contributed by atoms with Crippen LogP contribution in [-0.4, -0.2) is 37.6 Å². The van der Waals surface area contributed by atoms with Crippen molar-refractivity contribution in [2.24, 2.45) is 5.92 Å². The molecule has 2 rings (SSSR count). The molecule has 0 unspecified atom stereocenters. The van der Waals surface area contributed by atoms with Crippen molar-refractivity contribution >= 4 is 5.97 Å². The SMILES string of the molecule is COC(=O)C1CCN(CCCCc2ccccc2)CC1. The highest BCUT2D eigenvalue weighted by molar-refractivity contribution is 5.72. The maximum absolute atomic E-state index is 11.5. The average Bonchev–Trinajstić information content (AvgIpc) is 2.52. The van der Waals surface area contributed by atoms with Gasteiger partial charge >= 0.3 is 5.97 Å². The summed E-state index contributed by atoms with van der Waals surface area (Å²) in [6.07, 6.45) is 5.54. The number of carbonyl (C=O) groups excluding carboxylic acids is 1. The van der Waals surface area contributed by atoms with Gasteiger partial charge in [-0.15, -0.1) is 0 Å². The summed E-state index contributed by atoms with van der Waals surface area (Å²) in [5.74, 6) is 0.0919. The van der Waals surface area contributed by atoms with Crippen molar-refractivity contribution in [3.05, 3.63) is 35.9 Å². The normalized spacial score (nSPS) is 17.1. The van der Waals surface area contributed by atoms with Gasteiger partial charge in [0.2, 0.25) is 0 Å². The Balaban J connectivity index is 1.58. The van der Waals surface area contributed by atoms with Crippen LogP contribution >= 0.6 is 0 Å². The van der Waals surface area contributed by atoms with Crippen LogP contribution in [-0.2, 0) is 16.0 Å². The second-order valence-corrected chi connectivity index (χ2v) is 5.58. The lowest BCUT2D eigenvalue weighted by Crippen LogP contribution is -2.37. The molecule has 0 aliphatic carbocycles. The van der Waals surface area contributed by atoms with E-state index in [4.69, 9.17) is 4.74 Å². The average molecular weight is 275 g/mol. The zero-order valence-corrected chi connectivity index (χ0v) is 12.4. The maximum atomic E-state index is 11.5. The van der Waals surface area contributed by atoms with E-state index < -0.39 is 0 Å². The summed E-state index contributed by atoms with van der Waals surface area (Å²) in [7, 11) is 1.48. The Morgan fingerprint density at radius 1 is 1.20 bits per heavy atom. The summed E-state index contributed by atoms with van der Waals surface area (Å²) in [5, 5.41) is 0. The fourth-order valence-corrected chi connectivity index (χ4v) is 2.87. The third-order valence-corrected chi connectivity index (χ3v) is 4.15. The van der Waals surface area contributed by atoms with Gasteiger partial charge in [-0.1, -0.05) is 30.3 Å². The van der Waals surface area contributed by atoms with Gasteiger partial charge in [0.15, 0.2) is 0 Å². The first-order chi connectivity index (χ1) is 9.79. The predicted molar refractivity (Wildman–Crippen MR) is 80.6 cm³/mol. The predicted octanol–water partition coefficient (Wildman–Crippen LogP) is 2.89. The van der Waals surface area contributed by atoms with Crippen molar-refractivity contribution in [2.45, 2.75) is 32.1 Å². The van der Waals surface area contributed by atoms with Crippen molar-refractivity contribution < 1.29 is 9.53 Å². The van der Waals surface area contributed by atoms with E-state index in [1.54, 1.807) is 0 Å². The van der Waals surface area contributed by atoms with Gasteiger partial charge in [-0.2, -0.15) is 0 Å². The molecule has 1 aliphatic rings. The first-order valence-corrected chi connectivity index (χ1v) is 7.63. The topological polar surface area (TPSA) is 29.5 Å². The zero-order chi connectivity index (χ0) is 14.2. The minimum absolute atomic E-state index is 0.0336. The van der Waals surface area contributed by atoms with Crippen LogP contribution in [0.5, 0.6) is 0 Å². The van der Waals surface area contributed by atoms with Crippen LogP contribution < -0.4 is 0 Å². The van der Waals surface area contributed by atoms with E-state index in [1.807, 2.05) is 0 Å². The second-order valence-electron chi connectivity index (χ2n) is 5.58. The first kappa shape index (κ1) is 15.0. The maximum Gasteiger partial charge on any atom is 0.308 e. The molecule has 1 saturated heterocycles. The lowest BCUT2D eigenvalue weighted by molar-refractivity contribution is -0.147. The highest BCUT2D eigenvalue weighted by atomic mass is 16.5. The number of likely N-dealkylation sites (tertiary alicyclic amines) is 1. The van der Waals surface area contributed by atoms with Gasteiger partial charge in [0.1, 0.15) is 0 Å². The van der Waals surface area contributed by atoms with Gasteiger partial charge in [-0.25, -0.2) is 0 Å². The van der Waals surface area contributed by atoms with E-state index in [2.05, 4.69) is 35.2 Å². The molecule has 0 radical (unpaired) electrons. The minimum atomic E-state index is -0.0336. The van der Waals surface area contributed by atoms with Crippen molar-refractivity contribution in [2.75, 3.05) is 26.7 Å². The number of ether oxygens (including phenoxy) is 1. The molecule has 0 amide bonds. The molecule has 1 aromatic rings. The molecule has 0 spiro atoms. The van der Waals surface area contributed by atoms with Gasteiger partial charge in [-0.05, 0) is 57.3 Å². The Bertz CT molecular complexity index is 397. The lowest BCUT2D eigenvalue weighted by Gasteiger charge is -2.30. The smallest absolute Gasteiger partial charge is 0.308 e. The van der Waals surface area contributed by atoms with Crippen LogP contribution in [0.3, 0.4) is 0 Å². The molecule has 20 heavy (non-hydrogen) atoms. The van der Waals surface area contributed by atoms with Gasteiger partial charge in [0.25, 0.3) is 0 Å². The Labute approximate surface area is 121 Å². The molecular formula is C17H25NO2.